The Morgan fingerprint density at radius 2 is 1.93 bits per heavy atom. The predicted molar refractivity (Wildman–Crippen MR) is 154 cm³/mol. The summed E-state index contributed by atoms with van der Waals surface area (Å²) in [6, 6.07) is 12.1. The third-order valence-electron chi connectivity index (χ3n) is 7.84. The number of halogens is 1. The molecule has 0 saturated carbocycles. The van der Waals surface area contributed by atoms with Crippen LogP contribution in [0, 0.1) is 6.92 Å². The number of likely N-dealkylation sites (tertiary alicyclic amines) is 1. The number of primary amides is 1. The molecule has 0 bridgehead atoms. The van der Waals surface area contributed by atoms with Gasteiger partial charge in [-0.05, 0) is 56.5 Å². The second-order valence-electron chi connectivity index (χ2n) is 10.7. The molecule has 10 nitrogen and oxygen atoms in total. The minimum absolute atomic E-state index is 0.0624. The maximum Gasteiger partial charge on any atom is 0.250 e. The fourth-order valence-electron chi connectivity index (χ4n) is 5.76. The zero-order valence-corrected chi connectivity index (χ0v) is 23.1. The third kappa shape index (κ3) is 5.25. The summed E-state index contributed by atoms with van der Waals surface area (Å²) < 4.78 is 18.0. The number of aromatic nitrogens is 5. The molecule has 2 atom stereocenters. The van der Waals surface area contributed by atoms with Crippen LogP contribution in [0.2, 0.25) is 0 Å². The first-order valence-electron chi connectivity index (χ1n) is 13.9. The van der Waals surface area contributed by atoms with Gasteiger partial charge < -0.3 is 15.2 Å². The van der Waals surface area contributed by atoms with Crippen LogP contribution in [0.25, 0.3) is 27.9 Å². The molecule has 0 aliphatic carbocycles. The molecule has 0 spiro atoms. The van der Waals surface area contributed by atoms with Crippen LogP contribution in [-0.2, 0) is 22.6 Å². The number of amides is 2. The highest BCUT2D eigenvalue weighted by Crippen LogP contribution is 2.29. The summed E-state index contributed by atoms with van der Waals surface area (Å²) in [7, 11) is 0. The summed E-state index contributed by atoms with van der Waals surface area (Å²) in [6.45, 7) is 1.85. The molecule has 4 aromatic heterocycles. The molecule has 42 heavy (non-hydrogen) atoms. The smallest absolute Gasteiger partial charge is 0.250 e. The van der Waals surface area contributed by atoms with Gasteiger partial charge in [0.2, 0.25) is 11.7 Å². The number of alkyl halides is 1. The standard InChI is InChI=1S/C31H30FN7O3/c1-19-4-2-5-22(36-19)15-28(40)26-9-7-21(32)10-13-38(26)29(41)18-37-17-24(30(33)42)23-14-20(6-8-25(23)37)27-16-35-31-34-11-3-12-39(27)31/h2-6,8,11-12,14,16-17,21,26H,7,9-10,13,15,18H2,1H3,(H2,33,42)/t21?,26-/m0/s1. The monoisotopic (exact) mass is 567 g/mol. The molecule has 1 aliphatic heterocycles. The van der Waals surface area contributed by atoms with Crippen molar-refractivity contribution in [3.8, 4) is 11.3 Å². The third-order valence-corrected chi connectivity index (χ3v) is 7.84. The van der Waals surface area contributed by atoms with Gasteiger partial charge in [0, 0.05) is 53.0 Å². The molecule has 6 rings (SSSR count). The molecule has 2 N–H and O–H groups in total. The topological polar surface area (TPSA) is 128 Å². The van der Waals surface area contributed by atoms with Gasteiger partial charge in [-0.3, -0.25) is 23.8 Å². The van der Waals surface area contributed by atoms with Crippen LogP contribution < -0.4 is 5.73 Å². The van der Waals surface area contributed by atoms with Crippen molar-refractivity contribution >= 4 is 34.3 Å². The number of nitrogens with two attached hydrogens (primary N) is 1. The number of hydrogen-bond donors (Lipinski definition) is 1. The van der Waals surface area contributed by atoms with E-state index in [2.05, 4.69) is 15.0 Å². The Kier molecular flexibility index (Phi) is 7.24. The van der Waals surface area contributed by atoms with Crippen molar-refractivity contribution in [3.05, 3.63) is 84.2 Å². The Labute approximate surface area is 241 Å². The first-order valence-corrected chi connectivity index (χ1v) is 13.9. The van der Waals surface area contributed by atoms with E-state index < -0.39 is 18.1 Å². The van der Waals surface area contributed by atoms with Crippen molar-refractivity contribution in [2.24, 2.45) is 5.73 Å². The average molecular weight is 568 g/mol. The number of Topliss-reactive ketones (excluding diaryl/α,β-unsaturated/α-hetero) is 1. The van der Waals surface area contributed by atoms with Gasteiger partial charge in [-0.2, -0.15) is 0 Å². The molecule has 0 radical (unpaired) electrons. The Morgan fingerprint density at radius 3 is 2.74 bits per heavy atom. The van der Waals surface area contributed by atoms with E-state index in [0.29, 0.717) is 22.4 Å². The summed E-state index contributed by atoms with van der Waals surface area (Å²) in [5, 5.41) is 0.587. The Morgan fingerprint density at radius 1 is 1.07 bits per heavy atom. The molecule has 1 unspecified atom stereocenters. The number of aryl methyl sites for hydroxylation is 1. The van der Waals surface area contributed by atoms with E-state index in [1.165, 1.54) is 4.90 Å². The number of nitrogens with zero attached hydrogens (tertiary/aromatic N) is 6. The van der Waals surface area contributed by atoms with Gasteiger partial charge in [-0.15, -0.1) is 0 Å². The molecule has 1 aromatic carbocycles. The lowest BCUT2D eigenvalue weighted by atomic mass is 10.0. The quantitative estimate of drug-likeness (QED) is 0.320. The van der Waals surface area contributed by atoms with E-state index in [1.54, 1.807) is 35.3 Å². The highest BCUT2D eigenvalue weighted by molar-refractivity contribution is 6.07. The number of hydrogen-bond acceptors (Lipinski definition) is 6. The lowest BCUT2D eigenvalue weighted by Gasteiger charge is -2.29. The Hall–Kier alpha value is -4.93. The number of carbonyl (C=O) groups is 3. The molecule has 1 aliphatic rings. The van der Waals surface area contributed by atoms with E-state index in [-0.39, 0.29) is 56.0 Å². The van der Waals surface area contributed by atoms with Gasteiger partial charge in [0.05, 0.1) is 29.9 Å². The van der Waals surface area contributed by atoms with Crippen LogP contribution >= 0.6 is 0 Å². The summed E-state index contributed by atoms with van der Waals surface area (Å²) in [6.07, 6.45) is 6.37. The van der Waals surface area contributed by atoms with E-state index in [1.807, 2.05) is 47.9 Å². The van der Waals surface area contributed by atoms with E-state index >= 15 is 0 Å². The van der Waals surface area contributed by atoms with Crippen molar-refractivity contribution in [2.45, 2.75) is 51.4 Å². The zero-order chi connectivity index (χ0) is 29.4. The highest BCUT2D eigenvalue weighted by Gasteiger charge is 2.33. The second kappa shape index (κ2) is 11.2. The first-order chi connectivity index (χ1) is 20.3. The maximum atomic E-state index is 14.4. The number of rotatable bonds is 7. The van der Waals surface area contributed by atoms with Crippen molar-refractivity contribution in [1.29, 1.82) is 0 Å². The molecule has 1 saturated heterocycles. The summed E-state index contributed by atoms with van der Waals surface area (Å²) in [4.78, 5) is 54.1. The molecule has 11 heteroatoms. The van der Waals surface area contributed by atoms with Gasteiger partial charge in [-0.1, -0.05) is 12.1 Å². The molecule has 2 amide bonds. The number of ketones is 1. The second-order valence-corrected chi connectivity index (χ2v) is 10.7. The lowest BCUT2D eigenvalue weighted by Crippen LogP contribution is -2.46. The summed E-state index contributed by atoms with van der Waals surface area (Å²) >= 11 is 0. The summed E-state index contributed by atoms with van der Waals surface area (Å²) in [5.41, 5.74) is 9.64. The normalized spacial score (nSPS) is 17.4. The van der Waals surface area contributed by atoms with Crippen molar-refractivity contribution in [3.63, 3.8) is 0 Å². The highest BCUT2D eigenvalue weighted by atomic mass is 19.1. The molecular weight excluding hydrogens is 537 g/mol. The minimum Gasteiger partial charge on any atom is -0.366 e. The van der Waals surface area contributed by atoms with Gasteiger partial charge in [0.1, 0.15) is 12.7 Å². The molecular formula is C31H30FN7O3. The van der Waals surface area contributed by atoms with E-state index in [0.717, 1.165) is 17.0 Å². The summed E-state index contributed by atoms with van der Waals surface area (Å²) in [5.74, 6) is -0.583. The Balaban J connectivity index is 1.31. The van der Waals surface area contributed by atoms with Crippen LogP contribution in [0.15, 0.2) is 67.3 Å². The van der Waals surface area contributed by atoms with Crippen LogP contribution in [0.5, 0.6) is 0 Å². The van der Waals surface area contributed by atoms with Gasteiger partial charge in [-0.25, -0.2) is 14.4 Å². The largest absolute Gasteiger partial charge is 0.366 e. The van der Waals surface area contributed by atoms with Gasteiger partial charge in [0.15, 0.2) is 5.78 Å². The van der Waals surface area contributed by atoms with Crippen molar-refractivity contribution < 1.29 is 18.8 Å². The fourth-order valence-corrected chi connectivity index (χ4v) is 5.76. The van der Waals surface area contributed by atoms with Gasteiger partial charge >= 0.3 is 0 Å². The molecule has 1 fully saturated rings. The number of benzene rings is 1. The van der Waals surface area contributed by atoms with E-state index in [4.69, 9.17) is 5.73 Å². The fraction of sp³-hybridized carbons (Fsp3) is 0.290. The lowest BCUT2D eigenvalue weighted by molar-refractivity contribution is -0.139. The molecule has 5 aromatic rings. The number of carbonyl (C=O) groups excluding carboxylic acids is 3. The predicted octanol–water partition coefficient (Wildman–Crippen LogP) is 3.68. The molecule has 214 valence electrons. The zero-order valence-electron chi connectivity index (χ0n) is 23.1. The van der Waals surface area contributed by atoms with Crippen molar-refractivity contribution in [1.82, 2.24) is 28.8 Å². The van der Waals surface area contributed by atoms with Crippen LogP contribution in [0.3, 0.4) is 0 Å². The number of imidazole rings is 1. The van der Waals surface area contributed by atoms with Crippen LogP contribution in [-0.4, -0.2) is 65.2 Å². The first kappa shape index (κ1) is 27.3. The Bertz CT molecular complexity index is 1830. The van der Waals surface area contributed by atoms with E-state index in [9.17, 15) is 18.8 Å². The number of pyridine rings is 1. The number of fused-ring (bicyclic) bond motifs is 2. The molecule has 5 heterocycles. The van der Waals surface area contributed by atoms with Crippen LogP contribution in [0.1, 0.15) is 41.0 Å². The van der Waals surface area contributed by atoms with Crippen LogP contribution in [0.4, 0.5) is 4.39 Å². The van der Waals surface area contributed by atoms with Gasteiger partial charge in [0.25, 0.3) is 5.91 Å². The van der Waals surface area contributed by atoms with Crippen molar-refractivity contribution in [2.75, 3.05) is 6.54 Å². The average Bonchev–Trinajstić information content (AvgIpc) is 3.49. The SMILES string of the molecule is Cc1cccc(CC(=O)[C@@H]2CCC(F)CCN2C(=O)Cn2cc(C(N)=O)c3cc(-c4cnc5ncccn45)ccc32)n1. The minimum atomic E-state index is -1.09. The maximum absolute atomic E-state index is 14.4.